The van der Waals surface area contributed by atoms with Crippen molar-refractivity contribution in [2.75, 3.05) is 0 Å². The number of para-hydroxylation sites is 1. The van der Waals surface area contributed by atoms with Crippen LogP contribution in [0.1, 0.15) is 44.4 Å². The Morgan fingerprint density at radius 2 is 1.63 bits per heavy atom. The third kappa shape index (κ3) is 5.29. The maximum absolute atomic E-state index is 4.94. The van der Waals surface area contributed by atoms with E-state index < -0.39 is 0 Å². The van der Waals surface area contributed by atoms with Gasteiger partial charge in [0.25, 0.3) is 0 Å². The summed E-state index contributed by atoms with van der Waals surface area (Å²) in [6.45, 7) is 13.2. The number of rotatable bonds is 3. The average molecular weight is 676 g/mol. The van der Waals surface area contributed by atoms with Gasteiger partial charge in [0.05, 0.1) is 22.4 Å². The van der Waals surface area contributed by atoms with Crippen molar-refractivity contribution in [3.8, 4) is 22.6 Å². The van der Waals surface area contributed by atoms with Crippen LogP contribution in [-0.4, -0.2) is 14.5 Å². The number of benzene rings is 3. The van der Waals surface area contributed by atoms with Gasteiger partial charge in [0.15, 0.2) is 0 Å². The van der Waals surface area contributed by atoms with Crippen LogP contribution in [0.3, 0.4) is 0 Å². The topological polar surface area (TPSA) is 30.7 Å². The van der Waals surface area contributed by atoms with Gasteiger partial charge in [0.1, 0.15) is 0 Å². The number of imidazole rings is 1. The van der Waals surface area contributed by atoms with Gasteiger partial charge in [0, 0.05) is 26.3 Å². The van der Waals surface area contributed by atoms with Crippen LogP contribution in [0, 0.1) is 31.9 Å². The minimum Gasteiger partial charge on any atom is -0.355 e. The van der Waals surface area contributed by atoms with Crippen molar-refractivity contribution < 1.29 is 20.1 Å². The maximum Gasteiger partial charge on any atom is 0.0777 e. The summed E-state index contributed by atoms with van der Waals surface area (Å²) in [5, 5.41) is 0. The molecule has 38 heavy (non-hydrogen) atoms. The first kappa shape index (κ1) is 27.7. The Morgan fingerprint density at radius 3 is 2.26 bits per heavy atom. The first-order chi connectivity index (χ1) is 17.8. The molecule has 4 heteroatoms. The number of nitrogens with zero attached hydrogens (tertiary/aromatic N) is 3. The Balaban J connectivity index is 0.000000193. The molecule has 195 valence electrons. The molecule has 0 unspecified atom stereocenters. The van der Waals surface area contributed by atoms with Crippen molar-refractivity contribution in [2.45, 2.75) is 47.1 Å². The first-order valence-corrected chi connectivity index (χ1v) is 12.9. The van der Waals surface area contributed by atoms with Crippen LogP contribution in [0.4, 0.5) is 0 Å². The van der Waals surface area contributed by atoms with Crippen molar-refractivity contribution >= 4 is 17.1 Å². The van der Waals surface area contributed by atoms with Crippen molar-refractivity contribution in [2.24, 2.45) is 5.92 Å². The molecule has 0 saturated carbocycles. The smallest absolute Gasteiger partial charge is 0.0777 e. The SMILES string of the molecule is CC(C)C1=Cc2cccc3nc(-c4[c-]cccc4)n(c23)C1(C)C.Cc1c[c-]c(-c2ccc(C)cn2)cc1.[Ir]. The molecule has 0 amide bonds. The van der Waals surface area contributed by atoms with Crippen LogP contribution < -0.4 is 0 Å². The van der Waals surface area contributed by atoms with Crippen molar-refractivity contribution in [1.29, 1.82) is 0 Å². The summed E-state index contributed by atoms with van der Waals surface area (Å²) < 4.78 is 2.40. The van der Waals surface area contributed by atoms with E-state index in [1.165, 1.54) is 27.8 Å². The zero-order valence-electron chi connectivity index (χ0n) is 22.8. The van der Waals surface area contributed by atoms with E-state index in [9.17, 15) is 0 Å². The van der Waals surface area contributed by atoms with Crippen LogP contribution in [0.15, 0.2) is 84.6 Å². The number of pyridine rings is 1. The Bertz CT molecular complexity index is 1520. The number of hydrogen-bond donors (Lipinski definition) is 0. The summed E-state index contributed by atoms with van der Waals surface area (Å²) in [6, 6.07) is 31.2. The summed E-state index contributed by atoms with van der Waals surface area (Å²) in [6.07, 6.45) is 4.23. The summed E-state index contributed by atoms with van der Waals surface area (Å²) >= 11 is 0. The molecule has 3 nitrogen and oxygen atoms in total. The van der Waals surface area contributed by atoms with Gasteiger partial charge in [-0.1, -0.05) is 51.1 Å². The van der Waals surface area contributed by atoms with Crippen LogP contribution >= 0.6 is 0 Å². The molecule has 5 aromatic rings. The predicted molar refractivity (Wildman–Crippen MR) is 154 cm³/mol. The predicted octanol–water partition coefficient (Wildman–Crippen LogP) is 8.45. The van der Waals surface area contributed by atoms with Gasteiger partial charge in [-0.05, 0) is 55.1 Å². The fourth-order valence-corrected chi connectivity index (χ4v) is 5.16. The normalized spacial score (nSPS) is 13.4. The van der Waals surface area contributed by atoms with E-state index in [1.807, 2.05) is 49.5 Å². The first-order valence-electron chi connectivity index (χ1n) is 12.9. The molecule has 1 aliphatic rings. The van der Waals surface area contributed by atoms with E-state index in [0.717, 1.165) is 28.2 Å². The fraction of sp³-hybridized carbons (Fsp3) is 0.235. The minimum absolute atomic E-state index is 0. The third-order valence-corrected chi connectivity index (χ3v) is 7.01. The van der Waals surface area contributed by atoms with E-state index >= 15 is 0 Å². The molecule has 1 aliphatic heterocycles. The van der Waals surface area contributed by atoms with E-state index in [1.54, 1.807) is 0 Å². The fourth-order valence-electron chi connectivity index (χ4n) is 5.16. The molecule has 0 N–H and O–H groups in total. The molecule has 0 bridgehead atoms. The van der Waals surface area contributed by atoms with Gasteiger partial charge in [-0.3, -0.25) is 4.98 Å². The molecule has 6 rings (SSSR count). The molecule has 1 radical (unpaired) electrons. The molecule has 3 heterocycles. The zero-order valence-corrected chi connectivity index (χ0v) is 25.2. The molecule has 0 saturated heterocycles. The molecule has 0 fully saturated rings. The number of allylic oxidation sites excluding steroid dienone is 1. The van der Waals surface area contributed by atoms with E-state index in [-0.39, 0.29) is 25.6 Å². The van der Waals surface area contributed by atoms with Gasteiger partial charge in [0.2, 0.25) is 0 Å². The zero-order chi connectivity index (χ0) is 26.2. The number of hydrogen-bond acceptors (Lipinski definition) is 2. The standard InChI is InChI=1S/C21H21N2.C13H12N.Ir/c1-14(2)17-13-16-11-8-12-18-19(16)23(21(17,3)4)20(22-18)15-9-6-5-7-10-15;1-10-3-6-12(7-4-10)13-8-5-11(2)9-14-13;/h5-9,11-14H,1-4H3;3-6,8-9H,1-2H3;/q2*-1;. The van der Waals surface area contributed by atoms with Gasteiger partial charge >= 0.3 is 0 Å². The molecule has 2 aromatic heterocycles. The quantitative estimate of drug-likeness (QED) is 0.180. The second-order valence-corrected chi connectivity index (χ2v) is 10.6. The van der Waals surface area contributed by atoms with E-state index in [2.05, 4.69) is 98.8 Å². The summed E-state index contributed by atoms with van der Waals surface area (Å²) in [7, 11) is 0. The molecule has 3 aromatic carbocycles. The second-order valence-electron chi connectivity index (χ2n) is 10.6. The van der Waals surface area contributed by atoms with Crippen LogP contribution in [0.2, 0.25) is 0 Å². The number of aryl methyl sites for hydroxylation is 2. The molecular weight excluding hydrogens is 643 g/mol. The van der Waals surface area contributed by atoms with Crippen LogP contribution in [-0.2, 0) is 25.6 Å². The Hall–Kier alpha value is -3.33. The Kier molecular flexibility index (Phi) is 8.16. The van der Waals surface area contributed by atoms with E-state index in [4.69, 9.17) is 4.98 Å². The maximum atomic E-state index is 4.94. The van der Waals surface area contributed by atoms with Gasteiger partial charge in [-0.25, -0.2) is 0 Å². The van der Waals surface area contributed by atoms with Gasteiger partial charge in [-0.15, -0.1) is 71.3 Å². The Morgan fingerprint density at radius 1 is 0.842 bits per heavy atom. The molecular formula is C34H33IrN3-2. The molecule has 0 aliphatic carbocycles. The average Bonchev–Trinajstić information content (AvgIpc) is 3.30. The second kappa shape index (κ2) is 11.2. The van der Waals surface area contributed by atoms with Crippen molar-refractivity contribution in [1.82, 2.24) is 14.5 Å². The van der Waals surface area contributed by atoms with Gasteiger partial charge in [-0.2, -0.15) is 0 Å². The molecule has 0 atom stereocenters. The third-order valence-electron chi connectivity index (χ3n) is 7.01. The summed E-state index contributed by atoms with van der Waals surface area (Å²) in [4.78, 5) is 9.29. The largest absolute Gasteiger partial charge is 0.355 e. The van der Waals surface area contributed by atoms with E-state index in [0.29, 0.717) is 5.92 Å². The number of aromatic nitrogens is 3. The summed E-state index contributed by atoms with van der Waals surface area (Å²) in [5.74, 6) is 1.49. The van der Waals surface area contributed by atoms with Crippen LogP contribution in [0.25, 0.3) is 39.8 Å². The monoisotopic (exact) mass is 676 g/mol. The van der Waals surface area contributed by atoms with Crippen LogP contribution in [0.5, 0.6) is 0 Å². The summed E-state index contributed by atoms with van der Waals surface area (Å²) in [5.41, 5.74) is 10.4. The van der Waals surface area contributed by atoms with Crippen molar-refractivity contribution in [3.63, 3.8) is 0 Å². The van der Waals surface area contributed by atoms with Gasteiger partial charge < -0.3 is 9.55 Å². The Labute approximate surface area is 240 Å². The minimum atomic E-state index is -0.101. The molecule has 0 spiro atoms. The van der Waals surface area contributed by atoms with Crippen molar-refractivity contribution in [3.05, 3.63) is 113 Å².